The maximum absolute atomic E-state index is 11.8. The van der Waals surface area contributed by atoms with Crippen molar-refractivity contribution in [3.05, 3.63) is 58.3 Å². The first-order chi connectivity index (χ1) is 9.54. The fourth-order valence-electron chi connectivity index (χ4n) is 1.77. The summed E-state index contributed by atoms with van der Waals surface area (Å²) < 4.78 is 1.27. The van der Waals surface area contributed by atoms with Gasteiger partial charge >= 0.3 is 0 Å². The van der Waals surface area contributed by atoms with E-state index < -0.39 is 0 Å². The number of nitrogen functional groups attached to an aromatic ring is 1. The molecule has 6 heteroatoms. The van der Waals surface area contributed by atoms with Crippen molar-refractivity contribution < 1.29 is 4.79 Å². The third kappa shape index (κ3) is 3.68. The molecule has 6 nitrogen and oxygen atoms in total. The highest BCUT2D eigenvalue weighted by Gasteiger charge is 2.05. The average Bonchev–Trinajstić information content (AvgIpc) is 2.41. The van der Waals surface area contributed by atoms with Crippen LogP contribution in [-0.4, -0.2) is 15.5 Å². The monoisotopic (exact) mass is 272 g/mol. The third-order valence-electron chi connectivity index (χ3n) is 2.73. The van der Waals surface area contributed by atoms with E-state index in [9.17, 15) is 9.59 Å². The molecular weight excluding hydrogens is 256 g/mol. The number of amides is 1. The van der Waals surface area contributed by atoms with Gasteiger partial charge in [-0.1, -0.05) is 6.07 Å². The zero-order chi connectivity index (χ0) is 14.5. The molecule has 0 unspecified atom stereocenters. The molecule has 0 fully saturated rings. The molecule has 104 valence electrons. The Bertz CT molecular complexity index is 679. The van der Waals surface area contributed by atoms with E-state index in [4.69, 9.17) is 5.73 Å². The summed E-state index contributed by atoms with van der Waals surface area (Å²) in [7, 11) is 0. The van der Waals surface area contributed by atoms with E-state index in [0.29, 0.717) is 12.2 Å². The highest BCUT2D eigenvalue weighted by atomic mass is 16.2. The summed E-state index contributed by atoms with van der Waals surface area (Å²) in [5, 5.41) is 2.72. The largest absolute Gasteiger partial charge is 0.398 e. The fraction of sp³-hybridized carbons (Fsp3) is 0.214. The maximum atomic E-state index is 11.8. The van der Waals surface area contributed by atoms with Crippen molar-refractivity contribution in [2.24, 2.45) is 0 Å². The third-order valence-corrected chi connectivity index (χ3v) is 2.73. The second-order valence-corrected chi connectivity index (χ2v) is 4.48. The molecule has 1 amide bonds. The number of hydrogen-bond acceptors (Lipinski definition) is 4. The van der Waals surface area contributed by atoms with E-state index in [1.165, 1.54) is 22.9 Å². The van der Waals surface area contributed by atoms with Crippen molar-refractivity contribution in [2.75, 3.05) is 5.73 Å². The number of nitrogens with zero attached hydrogens (tertiary/aromatic N) is 2. The van der Waals surface area contributed by atoms with Gasteiger partial charge in [0.2, 0.25) is 5.91 Å². The van der Waals surface area contributed by atoms with Crippen LogP contribution in [-0.2, 0) is 17.9 Å². The summed E-state index contributed by atoms with van der Waals surface area (Å²) in [5.41, 5.74) is 7.43. The van der Waals surface area contributed by atoms with E-state index in [1.54, 1.807) is 0 Å². The van der Waals surface area contributed by atoms with Crippen LogP contribution < -0.4 is 16.6 Å². The molecule has 2 aromatic heterocycles. The first-order valence-corrected chi connectivity index (χ1v) is 6.20. The smallest absolute Gasteiger partial charge is 0.251 e. The summed E-state index contributed by atoms with van der Waals surface area (Å²) in [5.74, 6) is -0.263. The molecular formula is C14H16N4O2. The Morgan fingerprint density at radius 3 is 2.90 bits per heavy atom. The van der Waals surface area contributed by atoms with Crippen molar-refractivity contribution in [3.63, 3.8) is 0 Å². The first kappa shape index (κ1) is 13.8. The van der Waals surface area contributed by atoms with Crippen molar-refractivity contribution in [3.8, 4) is 0 Å². The molecule has 0 radical (unpaired) electrons. The van der Waals surface area contributed by atoms with Gasteiger partial charge in [-0.25, -0.2) is 0 Å². The van der Waals surface area contributed by atoms with Crippen LogP contribution >= 0.6 is 0 Å². The van der Waals surface area contributed by atoms with E-state index in [-0.39, 0.29) is 18.0 Å². The molecule has 0 aliphatic heterocycles. The number of pyridine rings is 2. The molecule has 0 aliphatic rings. The second-order valence-electron chi connectivity index (χ2n) is 4.48. The Morgan fingerprint density at radius 1 is 1.35 bits per heavy atom. The number of nitrogens with two attached hydrogens (primary N) is 1. The Labute approximate surface area is 116 Å². The minimum absolute atomic E-state index is 0.0598. The summed E-state index contributed by atoms with van der Waals surface area (Å²) >= 11 is 0. The Hall–Kier alpha value is -2.63. The van der Waals surface area contributed by atoms with Crippen LogP contribution in [0.1, 0.15) is 11.4 Å². The van der Waals surface area contributed by atoms with Crippen LogP contribution in [0, 0.1) is 6.92 Å². The Kier molecular flexibility index (Phi) is 4.14. The van der Waals surface area contributed by atoms with Gasteiger partial charge in [0.05, 0.1) is 12.2 Å². The molecule has 2 aromatic rings. The molecule has 20 heavy (non-hydrogen) atoms. The molecule has 0 saturated carbocycles. The molecule has 2 rings (SSSR count). The van der Waals surface area contributed by atoms with Gasteiger partial charge in [-0.15, -0.1) is 0 Å². The number of hydrogen-bond donors (Lipinski definition) is 2. The summed E-state index contributed by atoms with van der Waals surface area (Å²) in [6, 6.07) is 8.45. The minimum Gasteiger partial charge on any atom is -0.398 e. The standard InChI is InChI=1S/C14H16N4O2/c1-10-3-2-4-12(17-10)7-16-13(19)9-18-8-11(15)5-6-14(18)20/h2-6,8H,7,9,15H2,1H3,(H,16,19). The quantitative estimate of drug-likeness (QED) is 0.845. The predicted molar refractivity (Wildman–Crippen MR) is 75.9 cm³/mol. The van der Waals surface area contributed by atoms with Crippen LogP contribution in [0.3, 0.4) is 0 Å². The van der Waals surface area contributed by atoms with Crippen molar-refractivity contribution >= 4 is 11.6 Å². The van der Waals surface area contributed by atoms with Crippen LogP contribution in [0.15, 0.2) is 41.3 Å². The van der Waals surface area contributed by atoms with Crippen molar-refractivity contribution in [2.45, 2.75) is 20.0 Å². The normalized spacial score (nSPS) is 10.2. The number of aryl methyl sites for hydroxylation is 1. The number of rotatable bonds is 4. The number of aromatic nitrogens is 2. The number of carbonyl (C=O) groups is 1. The maximum Gasteiger partial charge on any atom is 0.251 e. The lowest BCUT2D eigenvalue weighted by Crippen LogP contribution is -2.31. The highest BCUT2D eigenvalue weighted by molar-refractivity contribution is 5.75. The minimum atomic E-state index is -0.263. The molecule has 0 atom stereocenters. The van der Waals surface area contributed by atoms with Crippen LogP contribution in [0.4, 0.5) is 5.69 Å². The van der Waals surface area contributed by atoms with Gasteiger partial charge in [0.1, 0.15) is 6.54 Å². The van der Waals surface area contributed by atoms with Gasteiger partial charge in [0.25, 0.3) is 5.56 Å². The lowest BCUT2D eigenvalue weighted by Gasteiger charge is -2.08. The van der Waals surface area contributed by atoms with Crippen LogP contribution in [0.5, 0.6) is 0 Å². The van der Waals surface area contributed by atoms with Gasteiger partial charge in [0.15, 0.2) is 0 Å². The first-order valence-electron chi connectivity index (χ1n) is 6.20. The van der Waals surface area contributed by atoms with Gasteiger partial charge in [-0.05, 0) is 25.1 Å². The van der Waals surface area contributed by atoms with E-state index >= 15 is 0 Å². The van der Waals surface area contributed by atoms with Gasteiger partial charge in [0, 0.05) is 23.6 Å². The summed E-state index contributed by atoms with van der Waals surface area (Å²) in [6.45, 7) is 2.16. The molecule has 0 bridgehead atoms. The number of carbonyl (C=O) groups excluding carboxylic acids is 1. The summed E-state index contributed by atoms with van der Waals surface area (Å²) in [4.78, 5) is 27.6. The van der Waals surface area contributed by atoms with Gasteiger partial charge in [-0.2, -0.15) is 0 Å². The highest BCUT2D eigenvalue weighted by Crippen LogP contribution is 1.98. The Balaban J connectivity index is 1.96. The zero-order valence-corrected chi connectivity index (χ0v) is 11.2. The van der Waals surface area contributed by atoms with E-state index in [2.05, 4.69) is 10.3 Å². The molecule has 3 N–H and O–H groups in total. The predicted octanol–water partition coefficient (Wildman–Crippen LogP) is 0.450. The number of anilines is 1. The number of nitrogens with one attached hydrogen (secondary N) is 1. The lowest BCUT2D eigenvalue weighted by atomic mass is 10.3. The van der Waals surface area contributed by atoms with E-state index in [1.807, 2.05) is 25.1 Å². The summed E-state index contributed by atoms with van der Waals surface area (Å²) in [6.07, 6.45) is 1.45. The van der Waals surface area contributed by atoms with Crippen molar-refractivity contribution in [1.82, 2.24) is 14.9 Å². The average molecular weight is 272 g/mol. The van der Waals surface area contributed by atoms with Gasteiger partial charge in [-0.3, -0.25) is 14.6 Å². The second kappa shape index (κ2) is 6.01. The molecule has 0 spiro atoms. The lowest BCUT2D eigenvalue weighted by molar-refractivity contribution is -0.121. The van der Waals surface area contributed by atoms with Crippen LogP contribution in [0.25, 0.3) is 0 Å². The fourth-order valence-corrected chi connectivity index (χ4v) is 1.77. The Morgan fingerprint density at radius 2 is 2.15 bits per heavy atom. The molecule has 0 saturated heterocycles. The zero-order valence-electron chi connectivity index (χ0n) is 11.2. The van der Waals surface area contributed by atoms with E-state index in [0.717, 1.165) is 11.4 Å². The topological polar surface area (TPSA) is 90.0 Å². The SMILES string of the molecule is Cc1cccc(CNC(=O)Cn2cc(N)ccc2=O)n1. The molecule has 0 aliphatic carbocycles. The molecule has 2 heterocycles. The van der Waals surface area contributed by atoms with Crippen molar-refractivity contribution in [1.29, 1.82) is 0 Å². The van der Waals surface area contributed by atoms with Gasteiger partial charge < -0.3 is 15.6 Å². The molecule has 0 aromatic carbocycles. The van der Waals surface area contributed by atoms with Crippen LogP contribution in [0.2, 0.25) is 0 Å².